The first-order chi connectivity index (χ1) is 16.8. The van der Waals surface area contributed by atoms with Gasteiger partial charge in [-0.3, -0.25) is 18.6 Å². The van der Waals surface area contributed by atoms with Crippen LogP contribution in [-0.4, -0.2) is 54.3 Å². The molecule has 0 saturated heterocycles. The molecule has 35 heavy (non-hydrogen) atoms. The topological polar surface area (TPSA) is 131 Å². The van der Waals surface area contributed by atoms with Crippen LogP contribution in [0.1, 0.15) is 78.1 Å². The molecule has 0 aromatic carbocycles. The molecule has 0 aliphatic rings. The number of amides is 1. The third-order valence-electron chi connectivity index (χ3n) is 4.63. The molecular formula is C25H44NO8P. The molecule has 0 aliphatic carbocycles. The van der Waals surface area contributed by atoms with Crippen molar-refractivity contribution in [1.29, 1.82) is 0 Å². The third kappa shape index (κ3) is 25.1. The van der Waals surface area contributed by atoms with E-state index in [1.807, 2.05) is 0 Å². The summed E-state index contributed by atoms with van der Waals surface area (Å²) in [6.45, 7) is 2.41. The minimum absolute atomic E-state index is 0.0515. The second-order valence-electron chi connectivity index (χ2n) is 8.02. The number of carbonyl (C=O) groups excluding carboxylic acids is 2. The molecular weight excluding hydrogens is 473 g/mol. The smallest absolute Gasteiger partial charge is 0.463 e. The van der Waals surface area contributed by atoms with E-state index in [4.69, 9.17) is 4.74 Å². The van der Waals surface area contributed by atoms with Crippen molar-refractivity contribution >= 4 is 19.7 Å². The number of allylic oxidation sites excluding steroid dienone is 6. The lowest BCUT2D eigenvalue weighted by molar-refractivity contribution is -0.147. The van der Waals surface area contributed by atoms with E-state index >= 15 is 0 Å². The van der Waals surface area contributed by atoms with Crippen molar-refractivity contribution < 1.29 is 37.9 Å². The monoisotopic (exact) mass is 517 g/mol. The Labute approximate surface area is 210 Å². The number of hydrogen-bond donors (Lipinski definition) is 3. The zero-order valence-corrected chi connectivity index (χ0v) is 22.1. The van der Waals surface area contributed by atoms with Gasteiger partial charge >= 0.3 is 13.8 Å². The van der Waals surface area contributed by atoms with Crippen molar-refractivity contribution in [2.24, 2.45) is 0 Å². The Balaban J connectivity index is 3.64. The summed E-state index contributed by atoms with van der Waals surface area (Å²) in [5.41, 5.74) is 0. The zero-order chi connectivity index (χ0) is 26.2. The molecule has 1 amide bonds. The number of ether oxygens (including phenoxy) is 1. The fraction of sp³-hybridized carbons (Fsp3) is 0.680. The molecule has 0 bridgehead atoms. The molecule has 2 atom stereocenters. The zero-order valence-electron chi connectivity index (χ0n) is 21.2. The summed E-state index contributed by atoms with van der Waals surface area (Å²) in [7, 11) is -4.36. The molecule has 3 N–H and O–H groups in total. The van der Waals surface area contributed by atoms with Crippen molar-refractivity contribution in [3.05, 3.63) is 36.5 Å². The highest BCUT2D eigenvalue weighted by Gasteiger charge is 2.23. The van der Waals surface area contributed by atoms with Crippen molar-refractivity contribution in [3.8, 4) is 0 Å². The average Bonchev–Trinajstić information content (AvgIpc) is 2.81. The normalized spacial score (nSPS) is 14.5. The van der Waals surface area contributed by atoms with Gasteiger partial charge in [0.25, 0.3) is 0 Å². The predicted molar refractivity (Wildman–Crippen MR) is 137 cm³/mol. The number of nitrogens with one attached hydrogen (secondary N) is 1. The standard InChI is InChI=1S/C25H44NO8P/c1-3-4-5-6-7-8-9-10-11-12-13-14-15-16-17-18-25(29)32-21-24(28)22-34-35(30,31)33-20-19-26-23(2)27/h4-5,7-8,10-11,24,28H,3,6,9,12-22H2,1-2H3,(H,26,27)(H,30,31)/b5-4-,8-7-,11-10-. The van der Waals surface area contributed by atoms with Crippen LogP contribution in [0.25, 0.3) is 0 Å². The van der Waals surface area contributed by atoms with Gasteiger partial charge in [-0.25, -0.2) is 4.57 Å². The lowest BCUT2D eigenvalue weighted by atomic mass is 10.1. The Bertz CT molecular complexity index is 693. The molecule has 0 aromatic rings. The van der Waals surface area contributed by atoms with Gasteiger partial charge in [-0.15, -0.1) is 0 Å². The van der Waals surface area contributed by atoms with Crippen LogP contribution >= 0.6 is 7.82 Å². The van der Waals surface area contributed by atoms with Gasteiger partial charge in [0.05, 0.1) is 13.2 Å². The highest BCUT2D eigenvalue weighted by molar-refractivity contribution is 7.47. The van der Waals surface area contributed by atoms with E-state index in [9.17, 15) is 24.2 Å². The van der Waals surface area contributed by atoms with Gasteiger partial charge in [0, 0.05) is 19.9 Å². The minimum Gasteiger partial charge on any atom is -0.463 e. The number of carbonyl (C=O) groups is 2. The quantitative estimate of drug-likeness (QED) is 0.0811. The van der Waals surface area contributed by atoms with E-state index in [1.165, 1.54) is 6.92 Å². The predicted octanol–water partition coefficient (Wildman–Crippen LogP) is 4.75. The lowest BCUT2D eigenvalue weighted by Crippen LogP contribution is -2.25. The molecule has 0 fully saturated rings. The van der Waals surface area contributed by atoms with E-state index in [2.05, 4.69) is 57.7 Å². The van der Waals surface area contributed by atoms with E-state index in [1.54, 1.807) is 0 Å². The van der Waals surface area contributed by atoms with E-state index in [0.29, 0.717) is 6.42 Å². The Morgan fingerprint density at radius 2 is 1.54 bits per heavy atom. The first-order valence-corrected chi connectivity index (χ1v) is 13.9. The van der Waals surface area contributed by atoms with Crippen LogP contribution in [0.2, 0.25) is 0 Å². The van der Waals surface area contributed by atoms with Gasteiger partial charge in [0.15, 0.2) is 0 Å². The second-order valence-corrected chi connectivity index (χ2v) is 9.47. The fourth-order valence-corrected chi connectivity index (χ4v) is 3.56. The van der Waals surface area contributed by atoms with Crippen LogP contribution in [-0.2, 0) is 27.9 Å². The Kier molecular flexibility index (Phi) is 21.5. The van der Waals surface area contributed by atoms with Gasteiger partial charge in [0.2, 0.25) is 5.91 Å². The summed E-state index contributed by atoms with van der Waals surface area (Å²) in [6, 6.07) is 0. The number of phosphoric ester groups is 1. The number of aliphatic hydroxyl groups excluding tert-OH is 1. The highest BCUT2D eigenvalue weighted by atomic mass is 31.2. The van der Waals surface area contributed by atoms with E-state index < -0.39 is 26.5 Å². The SMILES string of the molecule is CC/C=C\C/C=C\C/C=C\CCCCCCCC(=O)OCC(O)COP(=O)(O)OCCNC(C)=O. The Morgan fingerprint density at radius 1 is 0.914 bits per heavy atom. The average molecular weight is 518 g/mol. The maximum Gasteiger partial charge on any atom is 0.472 e. The summed E-state index contributed by atoms with van der Waals surface area (Å²) in [4.78, 5) is 31.9. The molecule has 0 saturated carbocycles. The molecule has 0 rings (SSSR count). The molecule has 202 valence electrons. The van der Waals surface area contributed by atoms with E-state index in [0.717, 1.165) is 51.4 Å². The van der Waals surface area contributed by atoms with Crippen LogP contribution in [0.3, 0.4) is 0 Å². The maximum atomic E-state index is 11.8. The van der Waals surface area contributed by atoms with Crippen LogP contribution in [0.5, 0.6) is 0 Å². The number of unbranched alkanes of at least 4 members (excludes halogenated alkanes) is 5. The molecule has 0 aromatic heterocycles. The van der Waals surface area contributed by atoms with Crippen LogP contribution in [0, 0.1) is 0 Å². The molecule has 0 heterocycles. The number of phosphoric acid groups is 1. The molecule has 0 aliphatic heterocycles. The van der Waals surface area contributed by atoms with Gasteiger partial charge in [-0.2, -0.15) is 0 Å². The van der Waals surface area contributed by atoms with Gasteiger partial charge < -0.3 is 20.1 Å². The first kappa shape index (κ1) is 33.2. The van der Waals surface area contributed by atoms with Crippen molar-refractivity contribution in [1.82, 2.24) is 5.32 Å². The molecule has 0 radical (unpaired) electrons. The summed E-state index contributed by atoms with van der Waals surface area (Å²) < 4.78 is 25.9. The fourth-order valence-electron chi connectivity index (χ4n) is 2.80. The van der Waals surface area contributed by atoms with Crippen molar-refractivity contribution in [2.45, 2.75) is 84.2 Å². The molecule has 2 unspecified atom stereocenters. The maximum absolute atomic E-state index is 11.8. The number of rotatable bonds is 22. The lowest BCUT2D eigenvalue weighted by Gasteiger charge is -2.15. The summed E-state index contributed by atoms with van der Waals surface area (Å²) in [5, 5.41) is 12.1. The largest absolute Gasteiger partial charge is 0.472 e. The summed E-state index contributed by atoms with van der Waals surface area (Å²) >= 11 is 0. The van der Waals surface area contributed by atoms with Gasteiger partial charge in [-0.1, -0.05) is 62.6 Å². The van der Waals surface area contributed by atoms with Crippen LogP contribution in [0.4, 0.5) is 0 Å². The number of hydrogen-bond acceptors (Lipinski definition) is 7. The van der Waals surface area contributed by atoms with E-state index in [-0.39, 0.29) is 32.1 Å². The van der Waals surface area contributed by atoms with Crippen molar-refractivity contribution in [2.75, 3.05) is 26.4 Å². The second kappa shape index (κ2) is 22.7. The minimum atomic E-state index is -4.36. The molecule has 10 heteroatoms. The summed E-state index contributed by atoms with van der Waals surface area (Å²) in [5.74, 6) is -0.721. The number of aliphatic hydroxyl groups is 1. The Morgan fingerprint density at radius 3 is 2.23 bits per heavy atom. The Hall–Kier alpha value is -1.77. The third-order valence-corrected chi connectivity index (χ3v) is 5.61. The van der Waals surface area contributed by atoms with Crippen LogP contribution in [0.15, 0.2) is 36.5 Å². The van der Waals surface area contributed by atoms with Gasteiger partial charge in [-0.05, 0) is 38.5 Å². The number of esters is 1. The van der Waals surface area contributed by atoms with Gasteiger partial charge in [0.1, 0.15) is 12.7 Å². The van der Waals surface area contributed by atoms with Crippen molar-refractivity contribution in [3.63, 3.8) is 0 Å². The highest BCUT2D eigenvalue weighted by Crippen LogP contribution is 2.42. The van der Waals surface area contributed by atoms with Crippen LogP contribution < -0.4 is 5.32 Å². The molecule has 9 nitrogen and oxygen atoms in total. The molecule has 0 spiro atoms. The summed E-state index contributed by atoms with van der Waals surface area (Å²) in [6.07, 6.45) is 21.2. The first-order valence-electron chi connectivity index (χ1n) is 12.4.